The first-order valence-electron chi connectivity index (χ1n) is 11.2. The summed E-state index contributed by atoms with van der Waals surface area (Å²) in [6.07, 6.45) is 5.82. The molecule has 0 unspecified atom stereocenters. The molecule has 8 heteroatoms. The average Bonchev–Trinajstić information content (AvgIpc) is 3.47. The minimum absolute atomic E-state index is 0. The van der Waals surface area contributed by atoms with Crippen LogP contribution < -0.4 is 15.5 Å². The number of aromatic nitrogens is 1. The maximum Gasteiger partial charge on any atom is 0.191 e. The van der Waals surface area contributed by atoms with Gasteiger partial charge >= 0.3 is 0 Å². The topological polar surface area (TPSA) is 55.8 Å². The SMILES string of the molecule is CN=C(NCCc1csc(N2CCCC2)n1)NC1CCN(Cc2ccccc2)CC1.I. The van der Waals surface area contributed by atoms with Gasteiger partial charge in [0.1, 0.15) is 0 Å². The number of guanidine groups is 1. The molecule has 1 aromatic heterocycles. The zero-order valence-electron chi connectivity index (χ0n) is 18.4. The highest BCUT2D eigenvalue weighted by Crippen LogP contribution is 2.24. The molecule has 170 valence electrons. The molecule has 31 heavy (non-hydrogen) atoms. The van der Waals surface area contributed by atoms with E-state index in [0.29, 0.717) is 6.04 Å². The predicted molar refractivity (Wildman–Crippen MR) is 142 cm³/mol. The number of anilines is 1. The van der Waals surface area contributed by atoms with Crippen LogP contribution in [0.2, 0.25) is 0 Å². The number of piperidine rings is 1. The Labute approximate surface area is 207 Å². The lowest BCUT2D eigenvalue weighted by molar-refractivity contribution is 0.198. The molecule has 2 aliphatic heterocycles. The van der Waals surface area contributed by atoms with E-state index in [1.165, 1.54) is 29.2 Å². The standard InChI is InChI=1S/C23H34N6S.HI/c1-24-22(25-12-9-21-18-30-23(27-21)29-13-5-6-14-29)26-20-10-15-28(16-11-20)17-19-7-3-2-4-8-19;/h2-4,7-8,18,20H,5-6,9-17H2,1H3,(H2,24,25,26);1H. The van der Waals surface area contributed by atoms with Gasteiger partial charge in [-0.3, -0.25) is 9.89 Å². The van der Waals surface area contributed by atoms with Crippen LogP contribution in [0.1, 0.15) is 36.9 Å². The van der Waals surface area contributed by atoms with E-state index in [4.69, 9.17) is 4.98 Å². The third kappa shape index (κ3) is 7.32. The van der Waals surface area contributed by atoms with Crippen molar-refractivity contribution in [2.75, 3.05) is 44.7 Å². The van der Waals surface area contributed by atoms with Crippen LogP contribution in [0.4, 0.5) is 5.13 Å². The maximum atomic E-state index is 4.81. The van der Waals surface area contributed by atoms with Gasteiger partial charge in [0.05, 0.1) is 5.69 Å². The fraction of sp³-hybridized carbons (Fsp3) is 0.565. The lowest BCUT2D eigenvalue weighted by Gasteiger charge is -2.33. The van der Waals surface area contributed by atoms with Crippen LogP contribution in [0.3, 0.4) is 0 Å². The summed E-state index contributed by atoms with van der Waals surface area (Å²) in [6.45, 7) is 6.48. The molecule has 2 aliphatic rings. The van der Waals surface area contributed by atoms with Gasteiger partial charge in [-0.1, -0.05) is 30.3 Å². The molecule has 2 fully saturated rings. The van der Waals surface area contributed by atoms with Crippen LogP contribution in [0.25, 0.3) is 0 Å². The first kappa shape index (κ1) is 24.3. The second-order valence-corrected chi connectivity index (χ2v) is 9.08. The third-order valence-corrected chi connectivity index (χ3v) is 6.94. The Morgan fingerprint density at radius 1 is 1.13 bits per heavy atom. The number of benzene rings is 1. The summed E-state index contributed by atoms with van der Waals surface area (Å²) in [5.41, 5.74) is 2.58. The Kier molecular flexibility index (Phi) is 9.86. The molecular weight excluding hydrogens is 519 g/mol. The van der Waals surface area contributed by atoms with E-state index < -0.39 is 0 Å². The molecule has 0 atom stereocenters. The highest BCUT2D eigenvalue weighted by molar-refractivity contribution is 14.0. The van der Waals surface area contributed by atoms with Crippen molar-refractivity contribution in [1.82, 2.24) is 20.5 Å². The van der Waals surface area contributed by atoms with Crippen molar-refractivity contribution in [3.63, 3.8) is 0 Å². The summed E-state index contributed by atoms with van der Waals surface area (Å²) in [4.78, 5) is 14.2. The van der Waals surface area contributed by atoms with Crippen LogP contribution in [0.15, 0.2) is 40.7 Å². The molecule has 0 aliphatic carbocycles. The van der Waals surface area contributed by atoms with Gasteiger partial charge < -0.3 is 15.5 Å². The highest BCUT2D eigenvalue weighted by atomic mass is 127. The van der Waals surface area contributed by atoms with Crippen LogP contribution in [-0.4, -0.2) is 61.7 Å². The molecule has 0 spiro atoms. The lowest BCUT2D eigenvalue weighted by Crippen LogP contribution is -2.48. The minimum Gasteiger partial charge on any atom is -0.356 e. The van der Waals surface area contributed by atoms with E-state index in [0.717, 1.165) is 64.5 Å². The quantitative estimate of drug-likeness (QED) is 0.311. The summed E-state index contributed by atoms with van der Waals surface area (Å²) < 4.78 is 0. The van der Waals surface area contributed by atoms with Crippen LogP contribution in [0.5, 0.6) is 0 Å². The first-order valence-corrected chi connectivity index (χ1v) is 12.1. The lowest BCUT2D eigenvalue weighted by atomic mass is 10.0. The van der Waals surface area contributed by atoms with Crippen LogP contribution in [0, 0.1) is 0 Å². The number of hydrogen-bond acceptors (Lipinski definition) is 5. The molecule has 3 heterocycles. The fourth-order valence-corrected chi connectivity index (χ4v) is 5.15. The summed E-state index contributed by atoms with van der Waals surface area (Å²) >= 11 is 1.78. The Hall–Kier alpha value is -1.39. The monoisotopic (exact) mass is 554 g/mol. The summed E-state index contributed by atoms with van der Waals surface area (Å²) in [6, 6.07) is 11.2. The van der Waals surface area contributed by atoms with Gasteiger partial charge in [0.15, 0.2) is 11.1 Å². The van der Waals surface area contributed by atoms with Crippen molar-refractivity contribution < 1.29 is 0 Å². The van der Waals surface area contributed by atoms with Crippen molar-refractivity contribution in [1.29, 1.82) is 0 Å². The van der Waals surface area contributed by atoms with Crippen molar-refractivity contribution in [3.8, 4) is 0 Å². The third-order valence-electron chi connectivity index (χ3n) is 5.99. The van der Waals surface area contributed by atoms with Crippen molar-refractivity contribution in [2.24, 2.45) is 4.99 Å². The minimum atomic E-state index is 0. The van der Waals surface area contributed by atoms with E-state index in [1.807, 2.05) is 7.05 Å². The molecular formula is C23H35IN6S. The second-order valence-electron chi connectivity index (χ2n) is 8.24. The van der Waals surface area contributed by atoms with Gasteiger partial charge in [0.2, 0.25) is 0 Å². The Bertz CT molecular complexity index is 797. The van der Waals surface area contributed by atoms with E-state index in [1.54, 1.807) is 11.3 Å². The molecule has 0 saturated carbocycles. The molecule has 2 saturated heterocycles. The summed E-state index contributed by atoms with van der Waals surface area (Å²) in [5, 5.41) is 10.5. The normalized spacial score (nSPS) is 18.1. The Morgan fingerprint density at radius 2 is 1.87 bits per heavy atom. The fourth-order valence-electron chi connectivity index (χ4n) is 4.24. The zero-order valence-corrected chi connectivity index (χ0v) is 21.6. The molecule has 0 bridgehead atoms. The first-order chi connectivity index (χ1) is 14.8. The van der Waals surface area contributed by atoms with Gasteiger partial charge in [0.25, 0.3) is 0 Å². The van der Waals surface area contributed by atoms with Crippen LogP contribution >= 0.6 is 35.3 Å². The number of likely N-dealkylation sites (tertiary alicyclic amines) is 1. The molecule has 1 aromatic carbocycles. The van der Waals surface area contributed by atoms with E-state index in [-0.39, 0.29) is 24.0 Å². The molecule has 0 radical (unpaired) electrons. The number of nitrogens with one attached hydrogen (secondary N) is 2. The van der Waals surface area contributed by atoms with Crippen molar-refractivity contribution >= 4 is 46.4 Å². The van der Waals surface area contributed by atoms with Crippen molar-refractivity contribution in [2.45, 2.75) is 44.7 Å². The van der Waals surface area contributed by atoms with Gasteiger partial charge in [-0.25, -0.2) is 4.98 Å². The second kappa shape index (κ2) is 12.6. The maximum absolute atomic E-state index is 4.81. The smallest absolute Gasteiger partial charge is 0.191 e. The largest absolute Gasteiger partial charge is 0.356 e. The van der Waals surface area contributed by atoms with E-state index >= 15 is 0 Å². The number of aliphatic imine (C=N–C) groups is 1. The molecule has 0 amide bonds. The van der Waals surface area contributed by atoms with Gasteiger partial charge in [-0.15, -0.1) is 35.3 Å². The average molecular weight is 555 g/mol. The van der Waals surface area contributed by atoms with Crippen molar-refractivity contribution in [3.05, 3.63) is 47.0 Å². The summed E-state index contributed by atoms with van der Waals surface area (Å²) in [7, 11) is 1.86. The number of rotatable bonds is 7. The number of halogens is 1. The summed E-state index contributed by atoms with van der Waals surface area (Å²) in [5.74, 6) is 0.909. The van der Waals surface area contributed by atoms with E-state index in [9.17, 15) is 0 Å². The Morgan fingerprint density at radius 3 is 2.58 bits per heavy atom. The van der Waals surface area contributed by atoms with Gasteiger partial charge in [-0.2, -0.15) is 0 Å². The molecule has 6 nitrogen and oxygen atoms in total. The molecule has 4 rings (SSSR count). The van der Waals surface area contributed by atoms with E-state index in [2.05, 4.69) is 61.1 Å². The zero-order chi connectivity index (χ0) is 20.6. The predicted octanol–water partition coefficient (Wildman–Crippen LogP) is 3.73. The number of nitrogens with zero attached hydrogens (tertiary/aromatic N) is 4. The Balaban J connectivity index is 0.00000272. The highest BCUT2D eigenvalue weighted by Gasteiger charge is 2.20. The molecule has 2 N–H and O–H groups in total. The molecule has 2 aromatic rings. The number of thiazole rings is 1. The van der Waals surface area contributed by atoms with Crippen LogP contribution in [-0.2, 0) is 13.0 Å². The number of hydrogen-bond donors (Lipinski definition) is 2. The van der Waals surface area contributed by atoms with Gasteiger partial charge in [0, 0.05) is 64.2 Å². The van der Waals surface area contributed by atoms with Gasteiger partial charge in [-0.05, 0) is 31.2 Å².